The lowest BCUT2D eigenvalue weighted by atomic mass is 10.1. The third kappa shape index (κ3) is 4.33. The van der Waals surface area contributed by atoms with E-state index in [1.807, 2.05) is 44.2 Å². The van der Waals surface area contributed by atoms with Crippen LogP contribution in [0.1, 0.15) is 46.8 Å². The van der Waals surface area contributed by atoms with Crippen LogP contribution >= 0.6 is 19.9 Å². The largest absolute Gasteiger partial charge is 0.496 e. The van der Waals surface area contributed by atoms with Crippen LogP contribution in [0.25, 0.3) is 0 Å². The third-order valence-electron chi connectivity index (χ3n) is 4.79. The number of hydrogen-bond acceptors (Lipinski definition) is 4. The van der Waals surface area contributed by atoms with E-state index in [-0.39, 0.29) is 5.91 Å². The predicted molar refractivity (Wildman–Crippen MR) is 124 cm³/mol. The van der Waals surface area contributed by atoms with E-state index < -0.39 is 9.24 Å². The summed E-state index contributed by atoms with van der Waals surface area (Å²) in [5.74, 6) is 1.34. The zero-order chi connectivity index (χ0) is 21.0. The molecule has 0 aromatic heterocycles. The summed E-state index contributed by atoms with van der Waals surface area (Å²) in [6.07, 6.45) is 1.92. The van der Waals surface area contributed by atoms with Gasteiger partial charge in [0.15, 0.2) is 5.17 Å². The molecular weight excluding hydrogens is 406 g/mol. The van der Waals surface area contributed by atoms with Crippen LogP contribution < -0.4 is 10.1 Å². The Hall–Kier alpha value is -2.31. The van der Waals surface area contributed by atoms with Crippen LogP contribution in [0.5, 0.6) is 5.75 Å². The van der Waals surface area contributed by atoms with Crippen LogP contribution in [-0.2, 0) is 0 Å². The number of hydrogen-bond donors (Lipinski definition) is 1. The van der Waals surface area contributed by atoms with Crippen molar-refractivity contribution in [1.82, 2.24) is 5.32 Å². The minimum Gasteiger partial charge on any atom is -0.496 e. The van der Waals surface area contributed by atoms with Crippen molar-refractivity contribution in [3.05, 3.63) is 64.7 Å². The molecule has 2 aromatic carbocycles. The number of amidine groups is 1. The number of ether oxygens (including phenoxy) is 1. The Morgan fingerprint density at radius 1 is 1.14 bits per heavy atom. The number of halogens is 1. The highest BCUT2D eigenvalue weighted by atomic mass is 35.7. The highest BCUT2D eigenvalue weighted by Gasteiger charge is 2.40. The fourth-order valence-electron chi connectivity index (χ4n) is 3.35. The lowest BCUT2D eigenvalue weighted by Gasteiger charge is -2.31. The summed E-state index contributed by atoms with van der Waals surface area (Å²) in [5, 5.41) is 12.9. The normalized spacial score (nSPS) is 20.4. The fraction of sp³-hybridized carbons (Fsp3) is 0.318. The van der Waals surface area contributed by atoms with E-state index in [4.69, 9.17) is 15.4 Å². The van der Waals surface area contributed by atoms with Crippen molar-refractivity contribution in [2.24, 2.45) is 10.2 Å². The van der Waals surface area contributed by atoms with E-state index in [1.54, 1.807) is 19.2 Å². The van der Waals surface area contributed by atoms with Crippen LogP contribution in [0.2, 0.25) is 0 Å². The molecule has 0 bridgehead atoms. The summed E-state index contributed by atoms with van der Waals surface area (Å²) >= 11 is 0. The number of methoxy groups -OCH3 is 1. The first-order valence-corrected chi connectivity index (χ1v) is 12.2. The summed E-state index contributed by atoms with van der Waals surface area (Å²) in [6.45, 7) is 6.12. The first-order valence-electron chi connectivity index (χ1n) is 9.59. The van der Waals surface area contributed by atoms with Crippen molar-refractivity contribution in [2.75, 3.05) is 12.9 Å². The van der Waals surface area contributed by atoms with Gasteiger partial charge in [0.1, 0.15) is 10.8 Å². The molecule has 0 saturated heterocycles. The number of nitrogens with zero attached hydrogens (tertiary/aromatic N) is 2. The molecule has 7 heteroatoms. The molecule has 1 amide bonds. The van der Waals surface area contributed by atoms with Gasteiger partial charge in [-0.3, -0.25) is 10.1 Å². The van der Waals surface area contributed by atoms with Gasteiger partial charge in [0.25, 0.3) is 5.91 Å². The molecule has 2 aromatic rings. The minimum absolute atomic E-state index is 0.225. The van der Waals surface area contributed by atoms with Gasteiger partial charge in [-0.25, -0.2) is 0 Å². The molecule has 1 atom stereocenters. The molecule has 1 aliphatic rings. The lowest BCUT2D eigenvalue weighted by molar-refractivity contribution is 0.0978. The monoisotopic (exact) mass is 431 g/mol. The van der Waals surface area contributed by atoms with E-state index in [0.717, 1.165) is 40.3 Å². The van der Waals surface area contributed by atoms with E-state index in [0.29, 0.717) is 16.5 Å². The Balaban J connectivity index is 1.93. The molecule has 1 heterocycles. The maximum Gasteiger partial charge on any atom is 0.257 e. The number of amides is 1. The number of benzene rings is 2. The van der Waals surface area contributed by atoms with Crippen molar-refractivity contribution in [2.45, 2.75) is 33.6 Å². The van der Waals surface area contributed by atoms with Gasteiger partial charge in [0.05, 0.1) is 7.11 Å². The minimum atomic E-state index is -2.06. The number of aryl methyl sites for hydroxylation is 2. The van der Waals surface area contributed by atoms with Gasteiger partial charge in [0.2, 0.25) is 0 Å². The van der Waals surface area contributed by atoms with Gasteiger partial charge < -0.3 is 4.74 Å². The fourth-order valence-corrected chi connectivity index (χ4v) is 6.59. The van der Waals surface area contributed by atoms with Gasteiger partial charge in [-0.05, 0) is 55.7 Å². The quantitative estimate of drug-likeness (QED) is 0.653. The Morgan fingerprint density at radius 3 is 2.38 bits per heavy atom. The topological polar surface area (TPSA) is 63.0 Å². The molecule has 1 N–H and O–H groups in total. The number of unbranched alkanes of at least 4 members (excludes halogenated alkanes) is 1. The molecule has 1 unspecified atom stereocenters. The van der Waals surface area contributed by atoms with Gasteiger partial charge in [-0.1, -0.05) is 51.5 Å². The van der Waals surface area contributed by atoms with E-state index in [1.165, 1.54) is 0 Å². The van der Waals surface area contributed by atoms with Gasteiger partial charge in [-0.15, -0.1) is 10.2 Å². The second-order valence-corrected chi connectivity index (χ2v) is 11.1. The highest BCUT2D eigenvalue weighted by molar-refractivity contribution is 8.70. The SMILES string of the molecule is CCCCS1(Cl)C(NC(=O)c2ccccc2)=NN=C1c1cc(C)c(OC)c(C)c1. The lowest BCUT2D eigenvalue weighted by Crippen LogP contribution is -2.34. The second kappa shape index (κ2) is 9.01. The van der Waals surface area contributed by atoms with Crippen molar-refractivity contribution < 1.29 is 9.53 Å². The highest BCUT2D eigenvalue weighted by Crippen LogP contribution is 2.60. The van der Waals surface area contributed by atoms with Crippen molar-refractivity contribution in [3.8, 4) is 5.75 Å². The maximum absolute atomic E-state index is 12.7. The number of carbonyl (C=O) groups is 1. The number of carbonyl (C=O) groups excluding carboxylic acids is 1. The van der Waals surface area contributed by atoms with Crippen LogP contribution in [0, 0.1) is 13.8 Å². The zero-order valence-corrected chi connectivity index (χ0v) is 18.7. The summed E-state index contributed by atoms with van der Waals surface area (Å²) in [7, 11) is 6.81. The van der Waals surface area contributed by atoms with E-state index >= 15 is 0 Å². The van der Waals surface area contributed by atoms with Crippen LogP contribution in [-0.4, -0.2) is 29.0 Å². The van der Waals surface area contributed by atoms with Gasteiger partial charge in [-0.2, -0.15) is 0 Å². The maximum atomic E-state index is 12.7. The van der Waals surface area contributed by atoms with Crippen molar-refractivity contribution >= 4 is 36.0 Å². The molecule has 154 valence electrons. The predicted octanol–water partition coefficient (Wildman–Crippen LogP) is 5.53. The zero-order valence-electron chi connectivity index (χ0n) is 17.2. The van der Waals surface area contributed by atoms with Crippen LogP contribution in [0.15, 0.2) is 52.7 Å². The molecule has 0 radical (unpaired) electrons. The first-order chi connectivity index (χ1) is 13.9. The van der Waals surface area contributed by atoms with E-state index in [2.05, 4.69) is 22.4 Å². The Labute approximate surface area is 178 Å². The van der Waals surface area contributed by atoms with Crippen molar-refractivity contribution in [1.29, 1.82) is 0 Å². The van der Waals surface area contributed by atoms with Gasteiger partial charge in [0, 0.05) is 16.9 Å². The molecule has 0 spiro atoms. The van der Waals surface area contributed by atoms with Crippen molar-refractivity contribution in [3.63, 3.8) is 0 Å². The molecule has 0 fully saturated rings. The third-order valence-corrected chi connectivity index (χ3v) is 8.71. The average molecular weight is 432 g/mol. The summed E-state index contributed by atoms with van der Waals surface area (Å²) < 4.78 is 5.48. The molecule has 29 heavy (non-hydrogen) atoms. The van der Waals surface area contributed by atoms with Gasteiger partial charge >= 0.3 is 0 Å². The average Bonchev–Trinajstić information content (AvgIpc) is 3.03. The Bertz CT molecular complexity index is 952. The Kier molecular flexibility index (Phi) is 6.65. The summed E-state index contributed by atoms with van der Waals surface area (Å²) in [6, 6.07) is 13.1. The molecule has 3 rings (SSSR count). The second-order valence-electron chi connectivity index (χ2n) is 6.99. The van der Waals surface area contributed by atoms with Crippen LogP contribution in [0.4, 0.5) is 0 Å². The molecule has 5 nitrogen and oxygen atoms in total. The number of rotatable bonds is 6. The molecule has 0 aliphatic carbocycles. The molecule has 0 saturated carbocycles. The smallest absolute Gasteiger partial charge is 0.257 e. The molecule has 1 aliphatic heterocycles. The standard InChI is InChI=1S/C22H26ClN3O2S/c1-5-6-12-29(23)21(18-13-15(2)19(28-4)16(3)14-18)25-26-22(29)24-20(27)17-10-8-7-9-11-17/h7-11,13-14H,5-6,12H2,1-4H3,(H,24,26,27). The van der Waals surface area contributed by atoms with Crippen LogP contribution in [0.3, 0.4) is 0 Å². The summed E-state index contributed by atoms with van der Waals surface area (Å²) in [5.41, 5.74) is 3.52. The summed E-state index contributed by atoms with van der Waals surface area (Å²) in [4.78, 5) is 12.7. The number of nitrogens with one attached hydrogen (secondary N) is 1. The first kappa shape index (κ1) is 21.4. The van der Waals surface area contributed by atoms with E-state index in [9.17, 15) is 4.79 Å². The molecular formula is C22H26ClN3O2S. The Morgan fingerprint density at radius 2 is 1.79 bits per heavy atom.